The van der Waals surface area contributed by atoms with Crippen LogP contribution < -0.4 is 0 Å². The largest absolute Gasteiger partial charge is 0.456 e. The predicted molar refractivity (Wildman–Crippen MR) is 234 cm³/mol. The van der Waals surface area contributed by atoms with Crippen molar-refractivity contribution in [3.63, 3.8) is 0 Å². The minimum Gasteiger partial charge on any atom is -0.456 e. The molecular weight excluding hydrogens is 719 g/mol. The smallest absolute Gasteiger partial charge is 0.165 e. The summed E-state index contributed by atoms with van der Waals surface area (Å²) in [6, 6.07) is 60.8. The van der Waals surface area contributed by atoms with Crippen LogP contribution in [0.3, 0.4) is 0 Å². The number of aromatic nitrogens is 3. The fourth-order valence-electron chi connectivity index (χ4n) is 8.37. The number of hydrogen-bond acceptors (Lipinski definition) is 6. The van der Waals surface area contributed by atoms with Crippen LogP contribution in [0.4, 0.5) is 0 Å². The summed E-state index contributed by atoms with van der Waals surface area (Å²) in [5.41, 5.74) is 10.7. The first-order valence-corrected chi connectivity index (χ1v) is 19.7. The highest BCUT2D eigenvalue weighted by Crippen LogP contribution is 2.48. The second kappa shape index (κ2) is 12.6. The van der Waals surface area contributed by atoms with E-state index >= 15 is 0 Å². The van der Waals surface area contributed by atoms with Crippen molar-refractivity contribution in [2.24, 2.45) is 0 Å². The van der Waals surface area contributed by atoms with Gasteiger partial charge in [-0.25, -0.2) is 15.0 Å². The van der Waals surface area contributed by atoms with Crippen molar-refractivity contribution < 1.29 is 8.83 Å². The van der Waals surface area contributed by atoms with Crippen LogP contribution in [0.2, 0.25) is 0 Å². The summed E-state index contributed by atoms with van der Waals surface area (Å²) in [5.74, 6) is 1.93. The molecule has 12 rings (SSSR count). The van der Waals surface area contributed by atoms with Crippen LogP contribution in [-0.2, 0) is 0 Å². The van der Waals surface area contributed by atoms with Crippen LogP contribution in [0.5, 0.6) is 0 Å². The molecule has 266 valence electrons. The lowest BCUT2D eigenvalue weighted by molar-refractivity contribution is 0.668. The predicted octanol–water partition coefficient (Wildman–Crippen LogP) is 14.4. The number of para-hydroxylation sites is 2. The van der Waals surface area contributed by atoms with E-state index < -0.39 is 0 Å². The van der Waals surface area contributed by atoms with Gasteiger partial charge in [0.05, 0.1) is 0 Å². The van der Waals surface area contributed by atoms with Crippen molar-refractivity contribution in [1.82, 2.24) is 15.0 Å². The second-order valence-electron chi connectivity index (χ2n) is 14.3. The van der Waals surface area contributed by atoms with Gasteiger partial charge >= 0.3 is 0 Å². The van der Waals surface area contributed by atoms with Gasteiger partial charge in [0.25, 0.3) is 0 Å². The summed E-state index contributed by atoms with van der Waals surface area (Å²) in [6.45, 7) is 0. The van der Waals surface area contributed by atoms with Crippen LogP contribution in [-0.4, -0.2) is 15.0 Å². The lowest BCUT2D eigenvalue weighted by atomic mass is 9.92. The third-order valence-corrected chi connectivity index (χ3v) is 12.2. The number of rotatable bonds is 5. The maximum atomic E-state index is 6.66. The Kier molecular flexibility index (Phi) is 7.03. The van der Waals surface area contributed by atoms with E-state index in [0.717, 1.165) is 92.9 Å². The van der Waals surface area contributed by atoms with E-state index in [0.29, 0.717) is 17.5 Å². The van der Waals surface area contributed by atoms with Gasteiger partial charge in [-0.15, -0.1) is 11.3 Å². The zero-order chi connectivity index (χ0) is 37.5. The molecule has 0 amide bonds. The third kappa shape index (κ3) is 5.04. The molecule has 12 aromatic rings. The van der Waals surface area contributed by atoms with Crippen molar-refractivity contribution in [3.8, 4) is 56.4 Å². The van der Waals surface area contributed by atoms with Crippen molar-refractivity contribution >= 4 is 75.4 Å². The van der Waals surface area contributed by atoms with Crippen molar-refractivity contribution in [2.75, 3.05) is 0 Å². The zero-order valence-electron chi connectivity index (χ0n) is 30.3. The van der Waals surface area contributed by atoms with Gasteiger partial charge in [-0.2, -0.15) is 0 Å². The summed E-state index contributed by atoms with van der Waals surface area (Å²) < 4.78 is 15.3. The fraction of sp³-hybridized carbons (Fsp3) is 0. The Balaban J connectivity index is 1.12. The van der Waals surface area contributed by atoms with Gasteiger partial charge < -0.3 is 8.83 Å². The maximum Gasteiger partial charge on any atom is 0.165 e. The molecule has 5 nitrogen and oxygen atoms in total. The molecular formula is C51H29N3O2S. The molecule has 0 N–H and O–H groups in total. The minimum atomic E-state index is 0.643. The van der Waals surface area contributed by atoms with Gasteiger partial charge in [-0.05, 0) is 53.1 Å². The van der Waals surface area contributed by atoms with E-state index in [1.54, 1.807) is 11.3 Å². The monoisotopic (exact) mass is 747 g/mol. The number of fused-ring (bicyclic) bond motifs is 9. The molecule has 0 aliphatic rings. The standard InChI is InChI=1S/C51H29N3O2S/c1-3-14-30(15-4-1)49-52-50(31-16-5-2-6-17-31)54-51(53-49)39-24-12-22-35-34-21-11-23-36(47(34)57-48(35)39)40-28-32(29-44-46(40)38-19-8-10-26-42(38)56-44)33-20-13-27-43-45(33)37-18-7-9-25-41(37)55-43/h1-29H. The van der Waals surface area contributed by atoms with Gasteiger partial charge in [-0.3, -0.25) is 0 Å². The molecule has 4 heterocycles. The molecule has 4 aromatic heterocycles. The first kappa shape index (κ1) is 31.9. The van der Waals surface area contributed by atoms with Gasteiger partial charge in [0.2, 0.25) is 0 Å². The average molecular weight is 748 g/mol. The molecule has 0 fully saturated rings. The minimum absolute atomic E-state index is 0.643. The van der Waals surface area contributed by atoms with Crippen LogP contribution >= 0.6 is 11.3 Å². The summed E-state index contributed by atoms with van der Waals surface area (Å²) in [7, 11) is 0. The van der Waals surface area contributed by atoms with Gasteiger partial charge in [0, 0.05) is 64.0 Å². The number of thiophene rings is 1. The molecule has 0 saturated heterocycles. The average Bonchev–Trinajstić information content (AvgIpc) is 3.98. The number of benzene rings is 8. The molecule has 0 atom stereocenters. The Labute approximate surface area is 330 Å². The van der Waals surface area contributed by atoms with Gasteiger partial charge in [0.1, 0.15) is 22.3 Å². The maximum absolute atomic E-state index is 6.66. The van der Waals surface area contributed by atoms with Crippen LogP contribution in [0.25, 0.3) is 120 Å². The lowest BCUT2D eigenvalue weighted by Gasteiger charge is -2.11. The van der Waals surface area contributed by atoms with E-state index in [2.05, 4.69) is 91.0 Å². The van der Waals surface area contributed by atoms with E-state index in [1.165, 1.54) is 10.1 Å². The molecule has 0 saturated carbocycles. The van der Waals surface area contributed by atoms with Crippen molar-refractivity contribution in [2.45, 2.75) is 0 Å². The molecule has 6 heteroatoms. The van der Waals surface area contributed by atoms with E-state index in [-0.39, 0.29) is 0 Å². The highest BCUT2D eigenvalue weighted by Gasteiger charge is 2.22. The molecule has 0 spiro atoms. The molecule has 0 unspecified atom stereocenters. The summed E-state index contributed by atoms with van der Waals surface area (Å²) in [4.78, 5) is 15.2. The summed E-state index contributed by atoms with van der Waals surface area (Å²) >= 11 is 1.79. The molecule has 0 radical (unpaired) electrons. The number of furan rings is 2. The molecule has 0 aliphatic heterocycles. The second-order valence-corrected chi connectivity index (χ2v) is 15.3. The first-order valence-electron chi connectivity index (χ1n) is 18.9. The zero-order valence-corrected chi connectivity index (χ0v) is 31.1. The molecule has 8 aromatic carbocycles. The van der Waals surface area contributed by atoms with E-state index in [9.17, 15) is 0 Å². The summed E-state index contributed by atoms with van der Waals surface area (Å²) in [5, 5.41) is 6.73. The van der Waals surface area contributed by atoms with Crippen LogP contribution in [0, 0.1) is 0 Å². The highest BCUT2D eigenvalue weighted by atomic mass is 32.1. The van der Waals surface area contributed by atoms with E-state index in [1.807, 2.05) is 84.9 Å². The van der Waals surface area contributed by atoms with Crippen molar-refractivity contribution in [1.29, 1.82) is 0 Å². The Hall–Kier alpha value is -7.41. The van der Waals surface area contributed by atoms with Crippen LogP contribution in [0.15, 0.2) is 185 Å². The fourth-order valence-corrected chi connectivity index (χ4v) is 9.71. The quantitative estimate of drug-likeness (QED) is 0.175. The number of hydrogen-bond donors (Lipinski definition) is 0. The molecule has 0 bridgehead atoms. The van der Waals surface area contributed by atoms with Crippen molar-refractivity contribution in [3.05, 3.63) is 176 Å². The normalized spacial score (nSPS) is 11.9. The van der Waals surface area contributed by atoms with Crippen LogP contribution in [0.1, 0.15) is 0 Å². The Morgan fingerprint density at radius 1 is 0.316 bits per heavy atom. The topological polar surface area (TPSA) is 65.0 Å². The SMILES string of the molecule is c1ccc(-c2nc(-c3ccccc3)nc(-c3cccc4c3sc3c(-c5cc(-c6cccc7oc8ccccc8c67)cc6oc7ccccc7c56)cccc34)n2)cc1. The highest BCUT2D eigenvalue weighted by molar-refractivity contribution is 7.26. The summed E-state index contributed by atoms with van der Waals surface area (Å²) in [6.07, 6.45) is 0. The Bertz CT molecular complexity index is 3470. The first-order chi connectivity index (χ1) is 28.2. The van der Waals surface area contributed by atoms with E-state index in [4.69, 9.17) is 23.8 Å². The third-order valence-electron chi connectivity index (χ3n) is 10.9. The Morgan fingerprint density at radius 2 is 0.789 bits per heavy atom. The van der Waals surface area contributed by atoms with Gasteiger partial charge in [0.15, 0.2) is 17.5 Å². The molecule has 0 aliphatic carbocycles. The van der Waals surface area contributed by atoms with Gasteiger partial charge in [-0.1, -0.05) is 140 Å². The Morgan fingerprint density at radius 3 is 1.46 bits per heavy atom. The number of nitrogens with zero attached hydrogens (tertiary/aromatic N) is 3. The lowest BCUT2D eigenvalue weighted by Crippen LogP contribution is -2.00. The molecule has 57 heavy (non-hydrogen) atoms.